The Morgan fingerprint density at radius 2 is 1.93 bits per heavy atom. The molecule has 0 radical (unpaired) electrons. The van der Waals surface area contributed by atoms with E-state index < -0.39 is 5.60 Å². The molecule has 0 spiro atoms. The lowest BCUT2D eigenvalue weighted by molar-refractivity contribution is -0.123. The molecule has 28 heavy (non-hydrogen) atoms. The Kier molecular flexibility index (Phi) is 5.41. The highest BCUT2D eigenvalue weighted by Gasteiger charge is 2.49. The van der Waals surface area contributed by atoms with E-state index in [0.717, 1.165) is 43.4 Å². The number of aliphatic hydroxyl groups is 2. The fraction of sp³-hybridized carbons (Fsp3) is 0.522. The first-order chi connectivity index (χ1) is 13.5. The first-order valence-corrected chi connectivity index (χ1v) is 10.3. The minimum absolute atomic E-state index is 0.133. The highest BCUT2D eigenvalue weighted by atomic mass is 16.3. The molecule has 0 amide bonds. The number of aromatic nitrogens is 1. The van der Waals surface area contributed by atoms with Crippen molar-refractivity contribution in [2.75, 3.05) is 6.54 Å². The van der Waals surface area contributed by atoms with E-state index >= 15 is 0 Å². The van der Waals surface area contributed by atoms with Gasteiger partial charge in [0.15, 0.2) is 0 Å². The van der Waals surface area contributed by atoms with Crippen molar-refractivity contribution in [1.29, 1.82) is 0 Å². The van der Waals surface area contributed by atoms with Crippen molar-refractivity contribution >= 4 is 0 Å². The Morgan fingerprint density at radius 1 is 1.18 bits per heavy atom. The summed E-state index contributed by atoms with van der Waals surface area (Å²) < 4.78 is 0. The number of likely N-dealkylation sites (tertiary alicyclic amines) is 1. The number of hydrogen-bond donors (Lipinski definition) is 3. The van der Waals surface area contributed by atoms with Crippen LogP contribution in [-0.2, 0) is 18.8 Å². The van der Waals surface area contributed by atoms with Crippen LogP contribution in [0, 0.1) is 12.8 Å². The third-order valence-corrected chi connectivity index (χ3v) is 6.83. The van der Waals surface area contributed by atoms with Crippen LogP contribution in [0.3, 0.4) is 0 Å². The lowest BCUT2D eigenvalue weighted by Crippen LogP contribution is -2.57. The average molecular weight is 383 g/mol. The zero-order chi connectivity index (χ0) is 19.7. The Labute approximate surface area is 166 Å². The van der Waals surface area contributed by atoms with E-state index in [0.29, 0.717) is 24.2 Å². The summed E-state index contributed by atoms with van der Waals surface area (Å²) in [6.07, 6.45) is 6.72. The van der Waals surface area contributed by atoms with Crippen molar-refractivity contribution in [2.45, 2.75) is 63.8 Å². The van der Waals surface area contributed by atoms with E-state index in [2.05, 4.69) is 9.88 Å². The molecular weight excluding hydrogens is 352 g/mol. The molecular formula is C23H30N2O3. The maximum Gasteiger partial charge on any atom is 0.141 e. The molecule has 1 aromatic carbocycles. The summed E-state index contributed by atoms with van der Waals surface area (Å²) in [6, 6.07) is 10.4. The summed E-state index contributed by atoms with van der Waals surface area (Å²) in [4.78, 5) is 6.58. The Morgan fingerprint density at radius 3 is 2.68 bits per heavy atom. The molecule has 1 saturated heterocycles. The molecule has 3 atom stereocenters. The lowest BCUT2D eigenvalue weighted by Gasteiger charge is -2.52. The Balaban J connectivity index is 1.64. The smallest absolute Gasteiger partial charge is 0.141 e. The second-order valence-corrected chi connectivity index (χ2v) is 8.32. The summed E-state index contributed by atoms with van der Waals surface area (Å²) >= 11 is 0. The molecule has 2 aliphatic rings. The summed E-state index contributed by atoms with van der Waals surface area (Å²) in [5.74, 6) is 0.364. The van der Waals surface area contributed by atoms with E-state index in [1.165, 1.54) is 0 Å². The molecule has 0 bridgehead atoms. The molecule has 3 N–H and O–H groups in total. The zero-order valence-corrected chi connectivity index (χ0v) is 16.5. The number of fused-ring (bicyclic) bond motifs is 1. The van der Waals surface area contributed by atoms with Crippen molar-refractivity contribution < 1.29 is 15.3 Å². The zero-order valence-electron chi connectivity index (χ0n) is 16.5. The lowest BCUT2D eigenvalue weighted by atomic mass is 9.66. The number of aromatic hydroxyl groups is 1. The summed E-state index contributed by atoms with van der Waals surface area (Å²) in [5, 5.41) is 32.0. The molecule has 1 aromatic heterocycles. The van der Waals surface area contributed by atoms with Gasteiger partial charge in [0.2, 0.25) is 0 Å². The van der Waals surface area contributed by atoms with Crippen LogP contribution in [0.25, 0.3) is 0 Å². The van der Waals surface area contributed by atoms with Crippen molar-refractivity contribution in [3.8, 4) is 5.75 Å². The summed E-state index contributed by atoms with van der Waals surface area (Å²) in [5.41, 5.74) is 2.26. The van der Waals surface area contributed by atoms with E-state index in [1.807, 2.05) is 30.3 Å². The quantitative estimate of drug-likeness (QED) is 0.757. The molecule has 1 saturated carbocycles. The van der Waals surface area contributed by atoms with E-state index in [1.54, 1.807) is 13.1 Å². The number of benzene rings is 1. The second-order valence-electron chi connectivity index (χ2n) is 8.32. The molecule has 5 heteroatoms. The van der Waals surface area contributed by atoms with Crippen LogP contribution in [0.4, 0.5) is 0 Å². The Bertz CT molecular complexity index is 826. The van der Waals surface area contributed by atoms with Gasteiger partial charge in [0, 0.05) is 42.4 Å². The van der Waals surface area contributed by atoms with Crippen LogP contribution in [0.5, 0.6) is 5.75 Å². The highest BCUT2D eigenvalue weighted by molar-refractivity contribution is 5.40. The van der Waals surface area contributed by atoms with Gasteiger partial charge in [-0.25, -0.2) is 0 Å². The van der Waals surface area contributed by atoms with Crippen LogP contribution < -0.4 is 0 Å². The van der Waals surface area contributed by atoms with Crippen molar-refractivity contribution in [3.63, 3.8) is 0 Å². The van der Waals surface area contributed by atoms with Gasteiger partial charge in [-0.1, -0.05) is 43.2 Å². The van der Waals surface area contributed by atoms with Gasteiger partial charge >= 0.3 is 0 Å². The van der Waals surface area contributed by atoms with Gasteiger partial charge in [0.1, 0.15) is 5.75 Å². The van der Waals surface area contributed by atoms with Crippen molar-refractivity contribution in [1.82, 2.24) is 9.88 Å². The third kappa shape index (κ3) is 3.32. The molecule has 1 aliphatic carbocycles. The minimum Gasteiger partial charge on any atom is -0.506 e. The minimum atomic E-state index is -0.793. The normalized spacial score (nSPS) is 28.1. The van der Waals surface area contributed by atoms with Gasteiger partial charge in [0.25, 0.3) is 0 Å². The van der Waals surface area contributed by atoms with Gasteiger partial charge in [-0.05, 0) is 31.7 Å². The monoisotopic (exact) mass is 382 g/mol. The van der Waals surface area contributed by atoms with Crippen LogP contribution >= 0.6 is 0 Å². The maximum atomic E-state index is 11.7. The number of piperidine rings is 1. The average Bonchev–Trinajstić information content (AvgIpc) is 2.74. The molecule has 4 rings (SSSR count). The first-order valence-electron chi connectivity index (χ1n) is 10.3. The highest BCUT2D eigenvalue weighted by Crippen LogP contribution is 2.47. The van der Waals surface area contributed by atoms with E-state index in [-0.39, 0.29) is 24.3 Å². The summed E-state index contributed by atoms with van der Waals surface area (Å²) in [7, 11) is 0. The molecule has 2 heterocycles. The van der Waals surface area contributed by atoms with Crippen LogP contribution in [-0.4, -0.2) is 37.8 Å². The maximum absolute atomic E-state index is 11.7. The Hall–Kier alpha value is -1.95. The molecule has 0 unspecified atom stereocenters. The van der Waals surface area contributed by atoms with Gasteiger partial charge in [0.05, 0.1) is 17.9 Å². The fourth-order valence-electron chi connectivity index (χ4n) is 5.25. The number of aryl methyl sites for hydroxylation is 1. The van der Waals surface area contributed by atoms with Crippen LogP contribution in [0.2, 0.25) is 0 Å². The van der Waals surface area contributed by atoms with Gasteiger partial charge in [-0.15, -0.1) is 0 Å². The van der Waals surface area contributed by atoms with Crippen molar-refractivity contribution in [2.24, 2.45) is 5.92 Å². The SMILES string of the molecule is Cc1ncc(CO)c(CN2CC[C@@](O)(c3ccccc3)[C@H]3CCCC[C@@H]32)c1O. The summed E-state index contributed by atoms with van der Waals surface area (Å²) in [6.45, 7) is 3.00. The molecule has 5 nitrogen and oxygen atoms in total. The fourth-order valence-corrected chi connectivity index (χ4v) is 5.25. The number of nitrogens with zero attached hydrogens (tertiary/aromatic N) is 2. The van der Waals surface area contributed by atoms with Gasteiger partial charge in [-0.2, -0.15) is 0 Å². The molecule has 1 aliphatic heterocycles. The number of hydrogen-bond acceptors (Lipinski definition) is 5. The predicted octanol–water partition coefficient (Wildman–Crippen LogP) is 3.24. The molecule has 2 aromatic rings. The second kappa shape index (κ2) is 7.82. The number of aliphatic hydroxyl groups excluding tert-OH is 1. The number of rotatable bonds is 4. The third-order valence-electron chi connectivity index (χ3n) is 6.83. The van der Waals surface area contributed by atoms with E-state index in [4.69, 9.17) is 0 Å². The van der Waals surface area contributed by atoms with Gasteiger partial charge in [-0.3, -0.25) is 9.88 Å². The van der Waals surface area contributed by atoms with Crippen LogP contribution in [0.15, 0.2) is 36.5 Å². The predicted molar refractivity (Wildman–Crippen MR) is 108 cm³/mol. The number of pyridine rings is 1. The first kappa shape index (κ1) is 19.4. The van der Waals surface area contributed by atoms with Gasteiger partial charge < -0.3 is 15.3 Å². The van der Waals surface area contributed by atoms with E-state index in [9.17, 15) is 15.3 Å². The standard InChI is InChI=1S/C23H30N2O3/c1-16-22(27)19(17(15-26)13-24-16)14-25-12-11-23(28,18-7-3-2-4-8-18)20-9-5-6-10-21(20)25/h2-4,7-8,13,20-21,26-28H,5-6,9-12,14-15H2,1H3/t20-,21-,23+/m0/s1. The van der Waals surface area contributed by atoms with Crippen LogP contribution in [0.1, 0.15) is 54.5 Å². The largest absolute Gasteiger partial charge is 0.506 e. The topological polar surface area (TPSA) is 76.8 Å². The molecule has 2 fully saturated rings. The molecule has 150 valence electrons. The van der Waals surface area contributed by atoms with Crippen molar-refractivity contribution in [3.05, 3.63) is 58.9 Å².